The first-order valence-electron chi connectivity index (χ1n) is 7.97. The highest BCUT2D eigenvalue weighted by Gasteiger charge is 2.16. The van der Waals surface area contributed by atoms with Gasteiger partial charge >= 0.3 is 0 Å². The average molecular weight is 440 g/mol. The number of hydrogen-bond acceptors (Lipinski definition) is 6. The Balaban J connectivity index is 1.83. The van der Waals surface area contributed by atoms with Gasteiger partial charge in [0.05, 0.1) is 16.5 Å². The third-order valence-electron chi connectivity index (χ3n) is 3.68. The number of rotatable bonds is 5. The third kappa shape index (κ3) is 4.67. The number of pyridine rings is 1. The molecule has 1 amide bonds. The summed E-state index contributed by atoms with van der Waals surface area (Å²) < 4.78 is 25.0. The zero-order chi connectivity index (χ0) is 20.5. The standard InChI is InChI=1S/C17H15Cl2N5O3S/c1-10-22-16(24(23-10)15-4-3-12(18)8-20-15)9-21-17(25)11-5-13(19)7-14(6-11)28(2,26)27/h3-8H,9H2,1-2H3,(H,21,25). The second kappa shape index (κ2) is 7.86. The number of carbonyl (C=O) groups excluding carboxylic acids is 1. The van der Waals surface area contributed by atoms with Crippen molar-refractivity contribution in [2.24, 2.45) is 0 Å². The quantitative estimate of drug-likeness (QED) is 0.654. The summed E-state index contributed by atoms with van der Waals surface area (Å²) in [6.45, 7) is 1.76. The van der Waals surface area contributed by atoms with E-state index in [9.17, 15) is 13.2 Å². The lowest BCUT2D eigenvalue weighted by Gasteiger charge is -2.08. The van der Waals surface area contributed by atoms with Crippen LogP contribution in [0.3, 0.4) is 0 Å². The first-order valence-corrected chi connectivity index (χ1v) is 10.6. The number of carbonyl (C=O) groups is 1. The van der Waals surface area contributed by atoms with Crippen LogP contribution in [0.15, 0.2) is 41.4 Å². The number of halogens is 2. The van der Waals surface area contributed by atoms with E-state index in [0.29, 0.717) is 22.5 Å². The maximum Gasteiger partial charge on any atom is 0.251 e. The minimum Gasteiger partial charge on any atom is -0.345 e. The van der Waals surface area contributed by atoms with Crippen molar-refractivity contribution in [3.05, 3.63) is 63.8 Å². The van der Waals surface area contributed by atoms with Gasteiger partial charge in [-0.25, -0.2) is 18.4 Å². The van der Waals surface area contributed by atoms with E-state index in [0.717, 1.165) is 6.26 Å². The molecule has 0 radical (unpaired) electrons. The summed E-state index contributed by atoms with van der Waals surface area (Å²) >= 11 is 11.8. The van der Waals surface area contributed by atoms with Crippen LogP contribution in [-0.2, 0) is 16.4 Å². The molecule has 8 nitrogen and oxygen atoms in total. The summed E-state index contributed by atoms with van der Waals surface area (Å²) in [6, 6.07) is 7.30. The van der Waals surface area contributed by atoms with Crippen LogP contribution < -0.4 is 5.32 Å². The Bertz CT molecular complexity index is 1140. The topological polar surface area (TPSA) is 107 Å². The highest BCUT2D eigenvalue weighted by molar-refractivity contribution is 7.90. The van der Waals surface area contributed by atoms with Crippen molar-refractivity contribution >= 4 is 38.9 Å². The molecule has 3 rings (SSSR count). The number of sulfone groups is 1. The zero-order valence-corrected chi connectivity index (χ0v) is 17.2. The van der Waals surface area contributed by atoms with Gasteiger partial charge in [-0.15, -0.1) is 5.10 Å². The predicted octanol–water partition coefficient (Wildman–Crippen LogP) is 2.61. The second-order valence-corrected chi connectivity index (χ2v) is 8.84. The van der Waals surface area contributed by atoms with Gasteiger partial charge in [-0.05, 0) is 37.3 Å². The van der Waals surface area contributed by atoms with E-state index < -0.39 is 15.7 Å². The Hall–Kier alpha value is -2.49. The van der Waals surface area contributed by atoms with Crippen molar-refractivity contribution < 1.29 is 13.2 Å². The van der Waals surface area contributed by atoms with Gasteiger partial charge in [0.2, 0.25) is 0 Å². The van der Waals surface area contributed by atoms with Gasteiger partial charge in [-0.3, -0.25) is 4.79 Å². The van der Waals surface area contributed by atoms with Gasteiger partial charge in [0.1, 0.15) is 5.82 Å². The molecule has 0 saturated carbocycles. The molecular formula is C17H15Cl2N5O3S. The molecule has 28 heavy (non-hydrogen) atoms. The molecule has 0 spiro atoms. The SMILES string of the molecule is Cc1nc(CNC(=O)c2cc(Cl)cc(S(C)(=O)=O)c2)n(-c2ccc(Cl)cn2)n1. The Morgan fingerprint density at radius 3 is 2.57 bits per heavy atom. The summed E-state index contributed by atoms with van der Waals surface area (Å²) in [7, 11) is -3.50. The first kappa shape index (κ1) is 20.2. The third-order valence-corrected chi connectivity index (χ3v) is 5.21. The number of benzene rings is 1. The Morgan fingerprint density at radius 1 is 1.18 bits per heavy atom. The number of nitrogens with one attached hydrogen (secondary N) is 1. The van der Waals surface area contributed by atoms with E-state index >= 15 is 0 Å². The van der Waals surface area contributed by atoms with Crippen LogP contribution in [0.2, 0.25) is 10.0 Å². The molecule has 0 aliphatic rings. The van der Waals surface area contributed by atoms with Crippen molar-refractivity contribution in [3.8, 4) is 5.82 Å². The number of nitrogens with zero attached hydrogens (tertiary/aromatic N) is 4. The van der Waals surface area contributed by atoms with Crippen LogP contribution >= 0.6 is 23.2 Å². The maximum absolute atomic E-state index is 12.5. The summed E-state index contributed by atoms with van der Waals surface area (Å²) in [4.78, 5) is 20.9. The van der Waals surface area contributed by atoms with Crippen LogP contribution in [-0.4, -0.2) is 40.3 Å². The van der Waals surface area contributed by atoms with Gasteiger partial charge in [-0.1, -0.05) is 23.2 Å². The Kier molecular flexibility index (Phi) is 5.69. The Morgan fingerprint density at radius 2 is 1.93 bits per heavy atom. The van der Waals surface area contributed by atoms with Gasteiger partial charge < -0.3 is 5.32 Å². The monoisotopic (exact) mass is 439 g/mol. The normalized spacial score (nSPS) is 11.4. The highest BCUT2D eigenvalue weighted by Crippen LogP contribution is 2.19. The van der Waals surface area contributed by atoms with E-state index in [1.807, 2.05) is 0 Å². The highest BCUT2D eigenvalue weighted by atomic mass is 35.5. The molecule has 0 saturated heterocycles. The number of aryl methyl sites for hydroxylation is 1. The van der Waals surface area contributed by atoms with E-state index in [1.54, 1.807) is 19.1 Å². The van der Waals surface area contributed by atoms with Crippen molar-refractivity contribution in [1.29, 1.82) is 0 Å². The van der Waals surface area contributed by atoms with E-state index in [4.69, 9.17) is 23.2 Å². The summed E-state index contributed by atoms with van der Waals surface area (Å²) in [6.07, 6.45) is 2.53. The van der Waals surface area contributed by atoms with Gasteiger partial charge in [0, 0.05) is 23.0 Å². The van der Waals surface area contributed by atoms with E-state index in [-0.39, 0.29) is 22.0 Å². The molecule has 2 aromatic heterocycles. The van der Waals surface area contributed by atoms with E-state index in [1.165, 1.54) is 29.1 Å². The minimum absolute atomic E-state index is 0.0328. The summed E-state index contributed by atoms with van der Waals surface area (Å²) in [5, 5.41) is 7.59. The first-order chi connectivity index (χ1) is 13.1. The molecule has 0 aliphatic heterocycles. The molecule has 1 aromatic carbocycles. The van der Waals surface area contributed by atoms with Gasteiger partial charge in [-0.2, -0.15) is 4.68 Å². The number of hydrogen-bond donors (Lipinski definition) is 1. The van der Waals surface area contributed by atoms with Crippen LogP contribution in [0.25, 0.3) is 5.82 Å². The van der Waals surface area contributed by atoms with Crippen LogP contribution in [0, 0.1) is 6.92 Å². The lowest BCUT2D eigenvalue weighted by Crippen LogP contribution is -2.25. The number of amides is 1. The summed E-state index contributed by atoms with van der Waals surface area (Å²) in [5.41, 5.74) is 0.125. The molecule has 0 unspecified atom stereocenters. The molecule has 1 N–H and O–H groups in total. The molecular weight excluding hydrogens is 425 g/mol. The smallest absolute Gasteiger partial charge is 0.251 e. The fraction of sp³-hybridized carbons (Fsp3) is 0.176. The van der Waals surface area contributed by atoms with Gasteiger partial charge in [0.25, 0.3) is 5.91 Å². The van der Waals surface area contributed by atoms with Crippen molar-refractivity contribution in [2.45, 2.75) is 18.4 Å². The molecule has 3 aromatic rings. The molecule has 0 fully saturated rings. The van der Waals surface area contributed by atoms with Crippen LogP contribution in [0.5, 0.6) is 0 Å². The van der Waals surface area contributed by atoms with Crippen LogP contribution in [0.1, 0.15) is 22.0 Å². The van der Waals surface area contributed by atoms with E-state index in [2.05, 4.69) is 20.4 Å². The maximum atomic E-state index is 12.5. The molecule has 0 aliphatic carbocycles. The fourth-order valence-electron chi connectivity index (χ4n) is 2.42. The minimum atomic E-state index is -3.50. The second-order valence-electron chi connectivity index (χ2n) is 5.95. The number of aromatic nitrogens is 4. The molecule has 2 heterocycles. The van der Waals surface area contributed by atoms with Gasteiger partial charge in [0.15, 0.2) is 21.5 Å². The summed E-state index contributed by atoms with van der Waals surface area (Å²) in [5.74, 6) is 0.953. The largest absolute Gasteiger partial charge is 0.345 e. The predicted molar refractivity (Wildman–Crippen MR) is 105 cm³/mol. The molecule has 11 heteroatoms. The molecule has 146 valence electrons. The van der Waals surface area contributed by atoms with Crippen molar-refractivity contribution in [1.82, 2.24) is 25.1 Å². The zero-order valence-electron chi connectivity index (χ0n) is 14.8. The lowest BCUT2D eigenvalue weighted by molar-refractivity contribution is 0.0949. The fourth-order valence-corrected chi connectivity index (χ4v) is 3.51. The lowest BCUT2D eigenvalue weighted by atomic mass is 10.2. The Labute approximate surface area is 171 Å². The average Bonchev–Trinajstić information content (AvgIpc) is 2.99. The molecule has 0 atom stereocenters. The van der Waals surface area contributed by atoms with Crippen LogP contribution in [0.4, 0.5) is 0 Å². The molecule has 0 bridgehead atoms. The van der Waals surface area contributed by atoms with Crippen molar-refractivity contribution in [2.75, 3.05) is 6.26 Å². The van der Waals surface area contributed by atoms with Crippen molar-refractivity contribution in [3.63, 3.8) is 0 Å².